The van der Waals surface area contributed by atoms with Gasteiger partial charge in [-0.15, -0.1) is 6.42 Å². The van der Waals surface area contributed by atoms with Crippen LogP contribution in [0.15, 0.2) is 24.3 Å². The van der Waals surface area contributed by atoms with Crippen molar-refractivity contribution in [2.75, 3.05) is 37.6 Å². The fraction of sp³-hybridized carbons (Fsp3) is 0.542. The Labute approximate surface area is 179 Å². The SMILES string of the molecule is C#CCN(Cc1nc(N2CCN(C(C)=O)CC2)c2ccccc2n1)C1CCCCC1. The quantitative estimate of drug-likeness (QED) is 0.716. The van der Waals surface area contributed by atoms with Crippen LogP contribution in [0.5, 0.6) is 0 Å². The Morgan fingerprint density at radius 3 is 2.57 bits per heavy atom. The van der Waals surface area contributed by atoms with E-state index >= 15 is 0 Å². The van der Waals surface area contributed by atoms with E-state index in [0.29, 0.717) is 19.1 Å². The maximum atomic E-state index is 11.7. The van der Waals surface area contributed by atoms with Crippen LogP contribution in [0.3, 0.4) is 0 Å². The van der Waals surface area contributed by atoms with Crippen LogP contribution in [0, 0.1) is 12.3 Å². The van der Waals surface area contributed by atoms with E-state index in [1.807, 2.05) is 17.0 Å². The fourth-order valence-electron chi connectivity index (χ4n) is 4.71. The number of carbonyl (C=O) groups is 1. The second-order valence-electron chi connectivity index (χ2n) is 8.37. The highest BCUT2D eigenvalue weighted by molar-refractivity contribution is 5.89. The Balaban J connectivity index is 1.61. The van der Waals surface area contributed by atoms with E-state index in [0.717, 1.165) is 48.7 Å². The minimum atomic E-state index is 0.139. The van der Waals surface area contributed by atoms with E-state index in [4.69, 9.17) is 16.4 Å². The van der Waals surface area contributed by atoms with Crippen molar-refractivity contribution in [2.24, 2.45) is 0 Å². The van der Waals surface area contributed by atoms with Gasteiger partial charge in [0.05, 0.1) is 18.6 Å². The molecule has 1 aromatic carbocycles. The molecule has 30 heavy (non-hydrogen) atoms. The summed E-state index contributed by atoms with van der Waals surface area (Å²) in [6, 6.07) is 8.73. The van der Waals surface area contributed by atoms with Crippen LogP contribution in [0.4, 0.5) is 5.82 Å². The topological polar surface area (TPSA) is 52.6 Å². The molecule has 2 fully saturated rings. The Bertz CT molecular complexity index is 923. The molecule has 2 aliphatic rings. The monoisotopic (exact) mass is 405 g/mol. The first-order chi connectivity index (χ1) is 14.7. The number of amides is 1. The zero-order valence-electron chi connectivity index (χ0n) is 17.9. The second kappa shape index (κ2) is 9.44. The van der Waals surface area contributed by atoms with E-state index in [2.05, 4.69) is 27.9 Å². The molecule has 0 N–H and O–H groups in total. The van der Waals surface area contributed by atoms with E-state index in [1.165, 1.54) is 32.1 Å². The first-order valence-corrected chi connectivity index (χ1v) is 11.1. The highest BCUT2D eigenvalue weighted by atomic mass is 16.2. The minimum Gasteiger partial charge on any atom is -0.352 e. The second-order valence-corrected chi connectivity index (χ2v) is 8.37. The van der Waals surface area contributed by atoms with Crippen molar-refractivity contribution in [3.63, 3.8) is 0 Å². The number of fused-ring (bicyclic) bond motifs is 1. The third-order valence-electron chi connectivity index (χ3n) is 6.38. The van der Waals surface area contributed by atoms with Gasteiger partial charge in [0.25, 0.3) is 0 Å². The molecule has 6 heteroatoms. The molecule has 1 aliphatic carbocycles. The molecule has 0 atom stereocenters. The Morgan fingerprint density at radius 1 is 1.13 bits per heavy atom. The van der Waals surface area contributed by atoms with Crippen molar-refractivity contribution in [3.05, 3.63) is 30.1 Å². The standard InChI is InChI=1S/C24H31N5O/c1-3-13-29(20-9-5-4-6-10-20)18-23-25-22-12-8-7-11-21(22)24(26-23)28-16-14-27(15-17-28)19(2)30/h1,7-8,11-12,20H,4-6,9-10,13-18H2,2H3. The number of benzene rings is 1. The van der Waals surface area contributed by atoms with Gasteiger partial charge in [-0.1, -0.05) is 37.3 Å². The highest BCUT2D eigenvalue weighted by Crippen LogP contribution is 2.27. The van der Waals surface area contributed by atoms with Crippen LogP contribution in [0.2, 0.25) is 0 Å². The first-order valence-electron chi connectivity index (χ1n) is 11.1. The van der Waals surface area contributed by atoms with Crippen molar-refractivity contribution in [3.8, 4) is 12.3 Å². The molecule has 1 saturated carbocycles. The van der Waals surface area contributed by atoms with Gasteiger partial charge in [-0.3, -0.25) is 9.69 Å². The van der Waals surface area contributed by atoms with Gasteiger partial charge in [-0.25, -0.2) is 9.97 Å². The average molecular weight is 406 g/mol. The van der Waals surface area contributed by atoms with Gasteiger partial charge in [-0.05, 0) is 25.0 Å². The predicted molar refractivity (Wildman–Crippen MR) is 120 cm³/mol. The number of carbonyl (C=O) groups excluding carboxylic acids is 1. The average Bonchev–Trinajstić information content (AvgIpc) is 2.79. The molecule has 4 rings (SSSR count). The molecule has 1 saturated heterocycles. The summed E-state index contributed by atoms with van der Waals surface area (Å²) in [4.78, 5) is 28.2. The lowest BCUT2D eigenvalue weighted by molar-refractivity contribution is -0.129. The Morgan fingerprint density at radius 2 is 1.87 bits per heavy atom. The summed E-state index contributed by atoms with van der Waals surface area (Å²) in [5.41, 5.74) is 0.968. The summed E-state index contributed by atoms with van der Waals surface area (Å²) in [6.45, 7) is 5.99. The molecule has 0 bridgehead atoms. The lowest BCUT2D eigenvalue weighted by Crippen LogP contribution is -2.48. The van der Waals surface area contributed by atoms with Crippen LogP contribution < -0.4 is 4.90 Å². The Hall–Kier alpha value is -2.65. The van der Waals surface area contributed by atoms with Crippen molar-refractivity contribution in [1.82, 2.24) is 19.8 Å². The van der Waals surface area contributed by atoms with Crippen molar-refractivity contribution >= 4 is 22.6 Å². The number of para-hydroxylation sites is 1. The van der Waals surface area contributed by atoms with Gasteiger partial charge in [0.2, 0.25) is 5.91 Å². The molecule has 1 amide bonds. The van der Waals surface area contributed by atoms with Crippen molar-refractivity contribution in [2.45, 2.75) is 51.6 Å². The molecule has 2 aromatic rings. The summed E-state index contributed by atoms with van der Waals surface area (Å²) < 4.78 is 0. The first kappa shape index (κ1) is 20.6. The number of aromatic nitrogens is 2. The third kappa shape index (κ3) is 4.57. The third-order valence-corrected chi connectivity index (χ3v) is 6.38. The van der Waals surface area contributed by atoms with Gasteiger partial charge in [0.15, 0.2) is 0 Å². The normalized spacial score (nSPS) is 18.0. The minimum absolute atomic E-state index is 0.139. The molecule has 6 nitrogen and oxygen atoms in total. The smallest absolute Gasteiger partial charge is 0.219 e. The van der Waals surface area contributed by atoms with Gasteiger partial charge in [-0.2, -0.15) is 0 Å². The summed E-state index contributed by atoms with van der Waals surface area (Å²) in [5, 5.41) is 1.07. The maximum Gasteiger partial charge on any atom is 0.219 e. The molecule has 0 unspecified atom stereocenters. The van der Waals surface area contributed by atoms with Crippen LogP contribution in [0.25, 0.3) is 10.9 Å². The van der Waals surface area contributed by atoms with E-state index in [-0.39, 0.29) is 5.91 Å². The number of terminal acetylenes is 1. The van der Waals surface area contributed by atoms with E-state index in [9.17, 15) is 4.79 Å². The summed E-state index contributed by atoms with van der Waals surface area (Å²) >= 11 is 0. The number of nitrogens with zero attached hydrogens (tertiary/aromatic N) is 5. The molecule has 0 spiro atoms. The maximum absolute atomic E-state index is 11.7. The van der Waals surface area contributed by atoms with E-state index in [1.54, 1.807) is 6.92 Å². The number of hydrogen-bond donors (Lipinski definition) is 0. The van der Waals surface area contributed by atoms with Crippen LogP contribution in [-0.2, 0) is 11.3 Å². The van der Waals surface area contributed by atoms with Crippen molar-refractivity contribution < 1.29 is 4.79 Å². The molecule has 158 valence electrons. The largest absolute Gasteiger partial charge is 0.352 e. The van der Waals surface area contributed by atoms with Crippen LogP contribution >= 0.6 is 0 Å². The zero-order valence-corrected chi connectivity index (χ0v) is 17.9. The predicted octanol–water partition coefficient (Wildman–Crippen LogP) is 3.07. The fourth-order valence-corrected chi connectivity index (χ4v) is 4.71. The number of anilines is 1. The lowest BCUT2D eigenvalue weighted by Gasteiger charge is -2.36. The lowest BCUT2D eigenvalue weighted by atomic mass is 9.94. The van der Waals surface area contributed by atoms with Gasteiger partial charge < -0.3 is 9.80 Å². The number of rotatable bonds is 5. The van der Waals surface area contributed by atoms with Crippen LogP contribution in [-0.4, -0.2) is 64.4 Å². The highest BCUT2D eigenvalue weighted by Gasteiger charge is 2.24. The zero-order chi connectivity index (χ0) is 20.9. The molecule has 2 heterocycles. The van der Waals surface area contributed by atoms with Crippen LogP contribution in [0.1, 0.15) is 44.9 Å². The molecule has 1 aromatic heterocycles. The van der Waals surface area contributed by atoms with Gasteiger partial charge in [0, 0.05) is 44.5 Å². The summed E-state index contributed by atoms with van der Waals surface area (Å²) in [7, 11) is 0. The summed E-state index contributed by atoms with van der Waals surface area (Å²) in [6.07, 6.45) is 12.0. The van der Waals surface area contributed by atoms with E-state index < -0.39 is 0 Å². The van der Waals surface area contributed by atoms with Gasteiger partial charge >= 0.3 is 0 Å². The van der Waals surface area contributed by atoms with Gasteiger partial charge in [0.1, 0.15) is 11.6 Å². The number of piperazine rings is 1. The van der Waals surface area contributed by atoms with Crippen molar-refractivity contribution in [1.29, 1.82) is 0 Å². The number of hydrogen-bond acceptors (Lipinski definition) is 5. The molecular weight excluding hydrogens is 374 g/mol. The Kier molecular flexibility index (Phi) is 6.49. The summed E-state index contributed by atoms with van der Waals surface area (Å²) in [5.74, 6) is 4.78. The molecule has 0 radical (unpaired) electrons. The molecule has 1 aliphatic heterocycles. The molecular formula is C24H31N5O.